The number of amides is 1. The van der Waals surface area contributed by atoms with E-state index < -0.39 is 11.9 Å². The van der Waals surface area contributed by atoms with Crippen LogP contribution in [0.4, 0.5) is 16.6 Å². The summed E-state index contributed by atoms with van der Waals surface area (Å²) in [6.07, 6.45) is 1.48. The second-order valence-corrected chi connectivity index (χ2v) is 8.30. The summed E-state index contributed by atoms with van der Waals surface area (Å²) in [5, 5.41) is 14.7. The largest absolute Gasteiger partial charge is 0.466 e. The van der Waals surface area contributed by atoms with Crippen LogP contribution < -0.4 is 16.8 Å². The van der Waals surface area contributed by atoms with E-state index in [1.165, 1.54) is 17.6 Å². The first-order valence-corrected chi connectivity index (χ1v) is 11.0. The fraction of sp³-hybridized carbons (Fsp3) is 0.150. The molecule has 32 heavy (non-hydrogen) atoms. The summed E-state index contributed by atoms with van der Waals surface area (Å²) in [5.41, 5.74) is 13.4. The molecule has 0 saturated carbocycles. The second kappa shape index (κ2) is 8.66. The molecule has 4 aromatic heterocycles. The maximum Gasteiger partial charge on any atom is 0.311 e. The van der Waals surface area contributed by atoms with Crippen LogP contribution in [0.2, 0.25) is 0 Å². The van der Waals surface area contributed by atoms with Crippen molar-refractivity contribution in [2.45, 2.75) is 13.3 Å². The Balaban J connectivity index is 1.69. The summed E-state index contributed by atoms with van der Waals surface area (Å²) in [7, 11) is 0. The van der Waals surface area contributed by atoms with E-state index in [4.69, 9.17) is 20.6 Å². The van der Waals surface area contributed by atoms with E-state index in [0.717, 1.165) is 11.3 Å². The molecular weight excluding hydrogens is 452 g/mol. The number of carbonyl (C=O) groups excluding carboxylic acids is 2. The van der Waals surface area contributed by atoms with Crippen LogP contribution >= 0.6 is 22.7 Å². The number of hydrogen-bond acceptors (Lipinski definition) is 11. The number of pyridine rings is 1. The quantitative estimate of drug-likeness (QED) is 0.359. The SMILES string of the molecule is CCOC(=O)Cc1csc(NC(=O)c2sc3nc(N)c(C#N)c(-c4ccco4)c3c2N)n1. The maximum absolute atomic E-state index is 12.9. The number of rotatable bonds is 6. The highest BCUT2D eigenvalue weighted by atomic mass is 32.1. The van der Waals surface area contributed by atoms with Gasteiger partial charge in [0.2, 0.25) is 0 Å². The molecule has 0 aromatic carbocycles. The number of nitrogens with one attached hydrogen (secondary N) is 1. The van der Waals surface area contributed by atoms with E-state index >= 15 is 0 Å². The van der Waals surface area contributed by atoms with Crippen LogP contribution in [0.3, 0.4) is 0 Å². The first-order chi connectivity index (χ1) is 15.4. The Morgan fingerprint density at radius 2 is 2.16 bits per heavy atom. The summed E-state index contributed by atoms with van der Waals surface area (Å²) in [6, 6.07) is 5.38. The average molecular weight is 469 g/mol. The standard InChI is InChI=1S/C20H16N6O4S2/c1-2-29-12(27)6-9-8-31-20(24-9)26-18(28)16-15(22)14-13(11-4-3-5-30-11)10(7-21)17(23)25-19(14)32-16/h3-5,8H,2,6,22H2,1H3,(H2,23,25)(H,24,26,28). The zero-order valence-electron chi connectivity index (χ0n) is 16.7. The van der Waals surface area contributed by atoms with Crippen LogP contribution in [-0.4, -0.2) is 28.5 Å². The van der Waals surface area contributed by atoms with Crippen LogP contribution in [0.5, 0.6) is 0 Å². The van der Waals surface area contributed by atoms with Crippen LogP contribution in [0.25, 0.3) is 21.5 Å². The molecule has 5 N–H and O–H groups in total. The third-order valence-corrected chi connectivity index (χ3v) is 6.30. The molecule has 0 fully saturated rings. The molecule has 0 aliphatic rings. The van der Waals surface area contributed by atoms with Crippen molar-refractivity contribution in [2.75, 3.05) is 23.4 Å². The minimum absolute atomic E-state index is 0.0118. The number of nitriles is 1. The maximum atomic E-state index is 12.9. The summed E-state index contributed by atoms with van der Waals surface area (Å²) >= 11 is 2.22. The third-order valence-electron chi connectivity index (χ3n) is 4.39. The Morgan fingerprint density at radius 1 is 1.34 bits per heavy atom. The van der Waals surface area contributed by atoms with Crippen molar-refractivity contribution < 1.29 is 18.7 Å². The number of aromatic nitrogens is 2. The number of furan rings is 1. The highest BCUT2D eigenvalue weighted by Gasteiger charge is 2.25. The molecule has 0 radical (unpaired) electrons. The zero-order chi connectivity index (χ0) is 22.8. The predicted octanol–water partition coefficient (Wildman–Crippen LogP) is 3.41. The number of esters is 1. The molecule has 0 saturated heterocycles. The minimum atomic E-state index is -0.495. The average Bonchev–Trinajstić information content (AvgIpc) is 3.49. The summed E-state index contributed by atoms with van der Waals surface area (Å²) in [6.45, 7) is 2.00. The van der Waals surface area contributed by atoms with Crippen molar-refractivity contribution >= 4 is 61.4 Å². The summed E-state index contributed by atoms with van der Waals surface area (Å²) in [4.78, 5) is 33.6. The Morgan fingerprint density at radius 3 is 2.84 bits per heavy atom. The van der Waals surface area contributed by atoms with Gasteiger partial charge in [-0.25, -0.2) is 9.97 Å². The van der Waals surface area contributed by atoms with Crippen molar-refractivity contribution in [3.63, 3.8) is 0 Å². The minimum Gasteiger partial charge on any atom is -0.466 e. The fourth-order valence-electron chi connectivity index (χ4n) is 3.08. The van der Waals surface area contributed by atoms with Crippen molar-refractivity contribution in [2.24, 2.45) is 0 Å². The van der Waals surface area contributed by atoms with E-state index in [0.29, 0.717) is 32.4 Å². The number of carbonyl (C=O) groups is 2. The number of nitrogens with two attached hydrogens (primary N) is 2. The topological polar surface area (TPSA) is 170 Å². The molecule has 0 bridgehead atoms. The van der Waals surface area contributed by atoms with E-state index in [1.807, 2.05) is 6.07 Å². The summed E-state index contributed by atoms with van der Waals surface area (Å²) in [5.74, 6) is -0.486. The molecule has 1 amide bonds. The highest BCUT2D eigenvalue weighted by molar-refractivity contribution is 7.21. The normalized spacial score (nSPS) is 10.8. The van der Waals surface area contributed by atoms with Gasteiger partial charge in [-0.2, -0.15) is 5.26 Å². The van der Waals surface area contributed by atoms with Crippen molar-refractivity contribution in [1.82, 2.24) is 9.97 Å². The first kappa shape index (κ1) is 21.3. The van der Waals surface area contributed by atoms with E-state index in [1.54, 1.807) is 24.4 Å². The number of ether oxygens (including phenoxy) is 1. The van der Waals surface area contributed by atoms with Gasteiger partial charge in [0, 0.05) is 10.8 Å². The Kier molecular flexibility index (Phi) is 5.76. The van der Waals surface area contributed by atoms with Gasteiger partial charge in [-0.3, -0.25) is 14.9 Å². The molecule has 0 aliphatic carbocycles. The van der Waals surface area contributed by atoms with Crippen LogP contribution in [0, 0.1) is 11.3 Å². The van der Waals surface area contributed by atoms with Gasteiger partial charge in [0.05, 0.1) is 36.2 Å². The fourth-order valence-corrected chi connectivity index (χ4v) is 4.79. The molecule has 4 heterocycles. The third kappa shape index (κ3) is 3.86. The van der Waals surface area contributed by atoms with Gasteiger partial charge in [-0.15, -0.1) is 22.7 Å². The molecule has 10 nitrogen and oxygen atoms in total. The van der Waals surface area contributed by atoms with E-state index in [-0.39, 0.29) is 35.0 Å². The van der Waals surface area contributed by atoms with E-state index in [9.17, 15) is 14.9 Å². The lowest BCUT2D eigenvalue weighted by molar-refractivity contribution is -0.142. The second-order valence-electron chi connectivity index (χ2n) is 6.44. The number of fused-ring (bicyclic) bond motifs is 1. The summed E-state index contributed by atoms with van der Waals surface area (Å²) < 4.78 is 10.4. The lowest BCUT2D eigenvalue weighted by Gasteiger charge is -2.06. The lowest BCUT2D eigenvalue weighted by Crippen LogP contribution is -2.12. The van der Waals surface area contributed by atoms with Gasteiger partial charge in [0.15, 0.2) is 5.13 Å². The lowest BCUT2D eigenvalue weighted by atomic mass is 10.0. The van der Waals surface area contributed by atoms with Crippen molar-refractivity contribution in [3.05, 3.63) is 39.9 Å². The Bertz CT molecular complexity index is 1370. The van der Waals surface area contributed by atoms with Gasteiger partial charge in [0.25, 0.3) is 5.91 Å². The number of thiazole rings is 1. The number of nitrogens with zero attached hydrogens (tertiary/aromatic N) is 3. The molecule has 4 aromatic rings. The number of hydrogen-bond donors (Lipinski definition) is 3. The molecule has 12 heteroatoms. The van der Waals surface area contributed by atoms with Crippen molar-refractivity contribution in [3.8, 4) is 17.4 Å². The van der Waals surface area contributed by atoms with Crippen LogP contribution in [-0.2, 0) is 16.0 Å². The van der Waals surface area contributed by atoms with Crippen LogP contribution in [0.15, 0.2) is 28.2 Å². The smallest absolute Gasteiger partial charge is 0.311 e. The van der Waals surface area contributed by atoms with Gasteiger partial charge in [-0.05, 0) is 19.1 Å². The van der Waals surface area contributed by atoms with Gasteiger partial charge < -0.3 is 20.6 Å². The molecular formula is C20H16N6O4S2. The highest BCUT2D eigenvalue weighted by Crippen LogP contribution is 2.42. The number of thiophene rings is 1. The van der Waals surface area contributed by atoms with Gasteiger partial charge in [-0.1, -0.05) is 0 Å². The Labute approximate surface area is 189 Å². The van der Waals surface area contributed by atoms with Crippen molar-refractivity contribution in [1.29, 1.82) is 5.26 Å². The van der Waals surface area contributed by atoms with Gasteiger partial charge >= 0.3 is 5.97 Å². The molecule has 0 spiro atoms. The molecule has 162 valence electrons. The van der Waals surface area contributed by atoms with Crippen LogP contribution in [0.1, 0.15) is 27.9 Å². The predicted molar refractivity (Wildman–Crippen MR) is 121 cm³/mol. The molecule has 0 aliphatic heterocycles. The van der Waals surface area contributed by atoms with E-state index in [2.05, 4.69) is 15.3 Å². The number of anilines is 3. The molecule has 4 rings (SSSR count). The number of nitrogen functional groups attached to an aromatic ring is 2. The van der Waals surface area contributed by atoms with Gasteiger partial charge in [0.1, 0.15) is 32.9 Å². The first-order valence-electron chi connectivity index (χ1n) is 9.29. The molecule has 0 atom stereocenters. The monoisotopic (exact) mass is 468 g/mol. The zero-order valence-corrected chi connectivity index (χ0v) is 18.3. The Hall–Kier alpha value is -3.95. The molecule has 0 unspecified atom stereocenters.